The third-order valence-electron chi connectivity index (χ3n) is 5.18. The predicted octanol–water partition coefficient (Wildman–Crippen LogP) is 3.06. The van der Waals surface area contributed by atoms with Crippen LogP contribution in [0, 0.1) is 0 Å². The number of hydrogen-bond acceptors (Lipinski definition) is 6. The number of amides is 1. The van der Waals surface area contributed by atoms with Crippen molar-refractivity contribution >= 4 is 45.0 Å². The molecule has 32 heavy (non-hydrogen) atoms. The first-order valence-corrected chi connectivity index (χ1v) is 12.0. The van der Waals surface area contributed by atoms with Gasteiger partial charge in [-0.25, -0.2) is 13.6 Å². The molecule has 1 aromatic heterocycles. The van der Waals surface area contributed by atoms with Crippen molar-refractivity contribution in [1.82, 2.24) is 15.1 Å². The molecule has 2 heterocycles. The van der Waals surface area contributed by atoms with Gasteiger partial charge in [-0.1, -0.05) is 23.2 Å². The van der Waals surface area contributed by atoms with Gasteiger partial charge in [-0.2, -0.15) is 0 Å². The molecular weight excluding hydrogens is 473 g/mol. The average Bonchev–Trinajstić information content (AvgIpc) is 2.78. The number of sulfonamides is 1. The Hall–Kier alpha value is -2.72. The van der Waals surface area contributed by atoms with Gasteiger partial charge in [0.25, 0.3) is 5.91 Å². The average molecular weight is 492 g/mol. The van der Waals surface area contributed by atoms with Crippen LogP contribution in [0.3, 0.4) is 0 Å². The van der Waals surface area contributed by atoms with Crippen molar-refractivity contribution in [3.05, 3.63) is 70.2 Å². The van der Waals surface area contributed by atoms with Gasteiger partial charge in [0.15, 0.2) is 5.82 Å². The first kappa shape index (κ1) is 22.5. The summed E-state index contributed by atoms with van der Waals surface area (Å²) in [6.45, 7) is 2.19. The van der Waals surface area contributed by atoms with Gasteiger partial charge in [-0.3, -0.25) is 4.79 Å². The molecule has 1 aliphatic rings. The van der Waals surface area contributed by atoms with Gasteiger partial charge in [0.1, 0.15) is 0 Å². The summed E-state index contributed by atoms with van der Waals surface area (Å²) in [5.74, 6) is 0.549. The number of rotatable bonds is 4. The highest BCUT2D eigenvalue weighted by Crippen LogP contribution is 2.29. The van der Waals surface area contributed by atoms with E-state index in [1.807, 2.05) is 17.0 Å². The fraction of sp³-hybridized carbons (Fsp3) is 0.190. The van der Waals surface area contributed by atoms with E-state index in [9.17, 15) is 13.2 Å². The fourth-order valence-electron chi connectivity index (χ4n) is 3.44. The molecule has 0 atom stereocenters. The van der Waals surface area contributed by atoms with E-state index in [1.54, 1.807) is 23.1 Å². The minimum atomic E-state index is -3.79. The molecule has 0 aliphatic carbocycles. The van der Waals surface area contributed by atoms with Crippen molar-refractivity contribution in [3.8, 4) is 11.3 Å². The Morgan fingerprint density at radius 3 is 2.16 bits per heavy atom. The SMILES string of the molecule is NS(=O)(=O)c1ccc(C(=O)N2CCN(c3ccc(-c4ccc(Cl)cc4Cl)nn3)CC2)cc1. The number of carbonyl (C=O) groups is 1. The minimum Gasteiger partial charge on any atom is -0.352 e. The molecule has 166 valence electrons. The van der Waals surface area contributed by atoms with E-state index in [4.69, 9.17) is 28.3 Å². The van der Waals surface area contributed by atoms with Gasteiger partial charge in [0.05, 0.1) is 15.6 Å². The maximum Gasteiger partial charge on any atom is 0.253 e. The van der Waals surface area contributed by atoms with Gasteiger partial charge in [-0.15, -0.1) is 10.2 Å². The first-order valence-electron chi connectivity index (χ1n) is 9.68. The smallest absolute Gasteiger partial charge is 0.253 e. The summed E-state index contributed by atoms with van der Waals surface area (Å²) in [6.07, 6.45) is 0. The van der Waals surface area contributed by atoms with Crippen molar-refractivity contribution in [2.75, 3.05) is 31.1 Å². The van der Waals surface area contributed by atoms with Crippen LogP contribution in [0.15, 0.2) is 59.5 Å². The molecule has 1 amide bonds. The summed E-state index contributed by atoms with van der Waals surface area (Å²) in [6, 6.07) is 14.5. The van der Waals surface area contributed by atoms with Crippen LogP contribution in [0.25, 0.3) is 11.3 Å². The number of benzene rings is 2. The topological polar surface area (TPSA) is 109 Å². The normalized spacial score (nSPS) is 14.5. The first-order chi connectivity index (χ1) is 15.2. The molecule has 0 spiro atoms. The zero-order valence-electron chi connectivity index (χ0n) is 16.8. The van der Waals surface area contributed by atoms with E-state index in [0.717, 1.165) is 5.56 Å². The van der Waals surface area contributed by atoms with Crippen LogP contribution in [0.5, 0.6) is 0 Å². The molecular formula is C21H19Cl2N5O3S. The molecule has 1 saturated heterocycles. The lowest BCUT2D eigenvalue weighted by atomic mass is 10.1. The number of hydrogen-bond donors (Lipinski definition) is 1. The van der Waals surface area contributed by atoms with Crippen LogP contribution in [-0.2, 0) is 10.0 Å². The third kappa shape index (κ3) is 4.86. The van der Waals surface area contributed by atoms with Gasteiger partial charge in [0.2, 0.25) is 10.0 Å². The third-order valence-corrected chi connectivity index (χ3v) is 6.66. The van der Waals surface area contributed by atoms with Crippen molar-refractivity contribution in [2.45, 2.75) is 4.90 Å². The van der Waals surface area contributed by atoms with E-state index in [-0.39, 0.29) is 10.8 Å². The second-order valence-corrected chi connectivity index (χ2v) is 9.65. The number of nitrogens with two attached hydrogens (primary N) is 1. The number of anilines is 1. The Morgan fingerprint density at radius 2 is 1.59 bits per heavy atom. The summed E-state index contributed by atoms with van der Waals surface area (Å²) >= 11 is 12.2. The summed E-state index contributed by atoms with van der Waals surface area (Å²) in [5.41, 5.74) is 1.81. The lowest BCUT2D eigenvalue weighted by Crippen LogP contribution is -2.49. The standard InChI is InChI=1S/C21H19Cl2N5O3S/c22-15-3-6-17(18(23)13-15)19-7-8-20(26-25-19)27-9-11-28(12-10-27)21(29)14-1-4-16(5-2-14)32(24,30)31/h1-8,13H,9-12H2,(H2,24,30,31). The van der Waals surface area contributed by atoms with Crippen molar-refractivity contribution in [3.63, 3.8) is 0 Å². The zero-order valence-corrected chi connectivity index (χ0v) is 19.1. The number of primary sulfonamides is 1. The molecule has 3 aromatic rings. The lowest BCUT2D eigenvalue weighted by Gasteiger charge is -2.35. The van der Waals surface area contributed by atoms with Crippen LogP contribution in [0.2, 0.25) is 10.0 Å². The van der Waals surface area contributed by atoms with Crippen LogP contribution < -0.4 is 10.0 Å². The number of nitrogens with zero attached hydrogens (tertiary/aromatic N) is 4. The highest BCUT2D eigenvalue weighted by molar-refractivity contribution is 7.89. The van der Waals surface area contributed by atoms with Crippen LogP contribution in [0.1, 0.15) is 10.4 Å². The maximum atomic E-state index is 12.7. The quantitative estimate of drug-likeness (QED) is 0.600. The molecule has 2 N–H and O–H groups in total. The number of halogens is 2. The second kappa shape index (κ2) is 9.03. The van der Waals surface area contributed by atoms with E-state index in [2.05, 4.69) is 10.2 Å². The van der Waals surface area contributed by atoms with E-state index >= 15 is 0 Å². The van der Waals surface area contributed by atoms with E-state index in [1.165, 1.54) is 24.3 Å². The van der Waals surface area contributed by atoms with Crippen molar-refractivity contribution in [2.24, 2.45) is 5.14 Å². The Morgan fingerprint density at radius 1 is 0.906 bits per heavy atom. The predicted molar refractivity (Wildman–Crippen MR) is 123 cm³/mol. The highest BCUT2D eigenvalue weighted by Gasteiger charge is 2.23. The molecule has 4 rings (SSSR count). The molecule has 1 aliphatic heterocycles. The van der Waals surface area contributed by atoms with Gasteiger partial charge in [-0.05, 0) is 54.6 Å². The van der Waals surface area contributed by atoms with E-state index in [0.29, 0.717) is 53.3 Å². The molecule has 0 saturated carbocycles. The number of carbonyl (C=O) groups excluding carboxylic acids is 1. The monoisotopic (exact) mass is 491 g/mol. The Labute approximate surface area is 195 Å². The highest BCUT2D eigenvalue weighted by atomic mass is 35.5. The molecule has 0 radical (unpaired) electrons. The fourth-order valence-corrected chi connectivity index (χ4v) is 4.46. The van der Waals surface area contributed by atoms with Gasteiger partial charge >= 0.3 is 0 Å². The van der Waals surface area contributed by atoms with Crippen LogP contribution >= 0.6 is 23.2 Å². The molecule has 8 nitrogen and oxygen atoms in total. The summed E-state index contributed by atoms with van der Waals surface area (Å²) in [7, 11) is -3.79. The minimum absolute atomic E-state index is 0.0271. The lowest BCUT2D eigenvalue weighted by molar-refractivity contribution is 0.0746. The summed E-state index contributed by atoms with van der Waals surface area (Å²) in [4.78, 5) is 16.5. The number of aromatic nitrogens is 2. The van der Waals surface area contributed by atoms with Gasteiger partial charge < -0.3 is 9.80 Å². The molecule has 0 unspecified atom stereocenters. The summed E-state index contributed by atoms with van der Waals surface area (Å²) < 4.78 is 22.7. The largest absolute Gasteiger partial charge is 0.352 e. The molecule has 0 bridgehead atoms. The number of piperazine rings is 1. The zero-order chi connectivity index (χ0) is 22.9. The van der Waals surface area contributed by atoms with Gasteiger partial charge in [0, 0.05) is 42.3 Å². The Balaban J connectivity index is 1.39. The maximum absolute atomic E-state index is 12.7. The van der Waals surface area contributed by atoms with Crippen LogP contribution in [0.4, 0.5) is 5.82 Å². The van der Waals surface area contributed by atoms with Crippen molar-refractivity contribution < 1.29 is 13.2 Å². The molecule has 1 fully saturated rings. The second-order valence-electron chi connectivity index (χ2n) is 7.25. The van der Waals surface area contributed by atoms with Crippen LogP contribution in [-0.4, -0.2) is 55.6 Å². The molecule has 11 heteroatoms. The molecule has 2 aromatic carbocycles. The summed E-state index contributed by atoms with van der Waals surface area (Å²) in [5, 5.41) is 14.8. The Bertz CT molecular complexity index is 1240. The Kier molecular flexibility index (Phi) is 6.34. The van der Waals surface area contributed by atoms with E-state index < -0.39 is 10.0 Å². The van der Waals surface area contributed by atoms with Crippen molar-refractivity contribution in [1.29, 1.82) is 0 Å².